The van der Waals surface area contributed by atoms with Gasteiger partial charge >= 0.3 is 5.97 Å². The Hall–Kier alpha value is -2.08. The highest BCUT2D eigenvalue weighted by Crippen LogP contribution is 2.30. The number of rotatable bonds is 2. The summed E-state index contributed by atoms with van der Waals surface area (Å²) in [4.78, 5) is 27.8. The number of carboxylic acid groups (broad SMARTS) is 1. The molecule has 0 saturated carbocycles. The molecule has 1 aliphatic heterocycles. The summed E-state index contributed by atoms with van der Waals surface area (Å²) in [5.41, 5.74) is 0.640. The van der Waals surface area contributed by atoms with Crippen molar-refractivity contribution in [3.8, 4) is 0 Å². The Morgan fingerprint density at radius 1 is 1.43 bits per heavy atom. The second kappa shape index (κ2) is 5.04. The molecule has 7 heteroatoms. The molecule has 5 nitrogen and oxygen atoms in total. The highest BCUT2D eigenvalue weighted by Gasteiger charge is 2.36. The van der Waals surface area contributed by atoms with E-state index in [4.69, 9.17) is 16.7 Å². The standard InChI is InChI=1S/C14H12ClFN2O3/c15-11-8-6-7(16)3-4-9(8)17-12(11)13(19)18-5-1-2-10(18)14(20)21/h3-4,6,10,17H,1-2,5H2,(H,20,21). The van der Waals surface area contributed by atoms with Crippen LogP contribution < -0.4 is 0 Å². The van der Waals surface area contributed by atoms with Crippen molar-refractivity contribution in [3.63, 3.8) is 0 Å². The van der Waals surface area contributed by atoms with Gasteiger partial charge in [0, 0.05) is 17.4 Å². The number of amides is 1. The predicted molar refractivity (Wildman–Crippen MR) is 75.0 cm³/mol. The second-order valence-electron chi connectivity index (χ2n) is 5.00. The summed E-state index contributed by atoms with van der Waals surface area (Å²) < 4.78 is 13.3. The van der Waals surface area contributed by atoms with Gasteiger partial charge in [0.25, 0.3) is 5.91 Å². The number of nitrogens with one attached hydrogen (secondary N) is 1. The minimum atomic E-state index is -1.03. The third kappa shape index (κ3) is 2.25. The summed E-state index contributed by atoms with van der Waals surface area (Å²) in [6.45, 7) is 0.371. The fourth-order valence-electron chi connectivity index (χ4n) is 2.69. The monoisotopic (exact) mass is 310 g/mol. The summed E-state index contributed by atoms with van der Waals surface area (Å²) in [5, 5.41) is 9.66. The number of aliphatic carboxylic acids is 1. The predicted octanol–water partition coefficient (Wildman–Crippen LogP) is 2.65. The maximum Gasteiger partial charge on any atom is 0.326 e. The number of halogens is 2. The van der Waals surface area contributed by atoms with Gasteiger partial charge < -0.3 is 15.0 Å². The molecule has 110 valence electrons. The lowest BCUT2D eigenvalue weighted by atomic mass is 10.2. The molecule has 21 heavy (non-hydrogen) atoms. The quantitative estimate of drug-likeness (QED) is 0.895. The third-order valence-corrected chi connectivity index (χ3v) is 4.10. The molecular weight excluding hydrogens is 299 g/mol. The van der Waals surface area contributed by atoms with E-state index < -0.39 is 23.7 Å². The van der Waals surface area contributed by atoms with Gasteiger partial charge in [0.1, 0.15) is 17.6 Å². The lowest BCUT2D eigenvalue weighted by molar-refractivity contribution is -0.141. The van der Waals surface area contributed by atoms with Crippen molar-refractivity contribution in [1.29, 1.82) is 0 Å². The molecule has 2 aromatic rings. The Kier molecular flexibility index (Phi) is 3.33. The molecule has 0 aliphatic carbocycles. The number of nitrogens with zero attached hydrogens (tertiary/aromatic N) is 1. The third-order valence-electron chi connectivity index (χ3n) is 3.71. The van der Waals surface area contributed by atoms with Gasteiger partial charge in [-0.25, -0.2) is 9.18 Å². The van der Waals surface area contributed by atoms with E-state index in [0.717, 1.165) is 0 Å². The van der Waals surface area contributed by atoms with Crippen molar-refractivity contribution in [2.45, 2.75) is 18.9 Å². The van der Waals surface area contributed by atoms with Crippen molar-refractivity contribution < 1.29 is 19.1 Å². The Bertz CT molecular complexity index is 743. The van der Waals surface area contributed by atoms with Gasteiger partial charge in [-0.05, 0) is 31.0 Å². The number of aromatic amines is 1. The van der Waals surface area contributed by atoms with E-state index in [9.17, 15) is 14.0 Å². The molecule has 1 saturated heterocycles. The second-order valence-corrected chi connectivity index (χ2v) is 5.38. The Balaban J connectivity index is 2.02. The fraction of sp³-hybridized carbons (Fsp3) is 0.286. The van der Waals surface area contributed by atoms with Crippen molar-refractivity contribution in [2.24, 2.45) is 0 Å². The van der Waals surface area contributed by atoms with Crippen LogP contribution in [0.3, 0.4) is 0 Å². The smallest absolute Gasteiger partial charge is 0.326 e. The van der Waals surface area contributed by atoms with Gasteiger partial charge in [-0.2, -0.15) is 0 Å². The minimum Gasteiger partial charge on any atom is -0.480 e. The molecule has 1 amide bonds. The largest absolute Gasteiger partial charge is 0.480 e. The fourth-order valence-corrected chi connectivity index (χ4v) is 2.97. The van der Waals surface area contributed by atoms with Gasteiger partial charge in [-0.1, -0.05) is 11.6 Å². The summed E-state index contributed by atoms with van der Waals surface area (Å²) in [5.74, 6) is -1.95. The zero-order valence-electron chi connectivity index (χ0n) is 10.9. The van der Waals surface area contributed by atoms with E-state index in [2.05, 4.69) is 4.98 Å². The first-order valence-corrected chi connectivity index (χ1v) is 6.87. The molecular formula is C14H12ClFN2O3. The molecule has 2 N–H and O–H groups in total. The van der Waals surface area contributed by atoms with Crippen LogP contribution in [-0.4, -0.2) is 39.5 Å². The maximum atomic E-state index is 13.3. The van der Waals surface area contributed by atoms with Crippen LogP contribution in [-0.2, 0) is 4.79 Å². The zero-order chi connectivity index (χ0) is 15.1. The first-order chi connectivity index (χ1) is 9.99. The number of aromatic nitrogens is 1. The molecule has 1 unspecified atom stereocenters. The van der Waals surface area contributed by atoms with E-state index >= 15 is 0 Å². The molecule has 0 radical (unpaired) electrons. The Morgan fingerprint density at radius 2 is 2.19 bits per heavy atom. The number of carbonyl (C=O) groups is 2. The van der Waals surface area contributed by atoms with E-state index in [0.29, 0.717) is 30.3 Å². The van der Waals surface area contributed by atoms with Gasteiger partial charge in [-0.3, -0.25) is 4.79 Å². The summed E-state index contributed by atoms with van der Waals surface area (Å²) in [6, 6.07) is 3.16. The number of hydrogen-bond donors (Lipinski definition) is 2. The highest BCUT2D eigenvalue weighted by atomic mass is 35.5. The number of fused-ring (bicyclic) bond motifs is 1. The number of hydrogen-bond acceptors (Lipinski definition) is 2. The van der Waals surface area contributed by atoms with Crippen molar-refractivity contribution >= 4 is 34.4 Å². The number of carbonyl (C=O) groups excluding carboxylic acids is 1. The van der Waals surface area contributed by atoms with Crippen LogP contribution in [0.25, 0.3) is 10.9 Å². The number of likely N-dealkylation sites (tertiary alicyclic amines) is 1. The highest BCUT2D eigenvalue weighted by molar-refractivity contribution is 6.38. The van der Waals surface area contributed by atoms with Gasteiger partial charge in [0.2, 0.25) is 0 Å². The van der Waals surface area contributed by atoms with E-state index in [1.54, 1.807) is 0 Å². The molecule has 2 heterocycles. The van der Waals surface area contributed by atoms with Crippen LogP contribution in [0.15, 0.2) is 18.2 Å². The molecule has 1 atom stereocenters. The lowest BCUT2D eigenvalue weighted by Gasteiger charge is -2.20. The van der Waals surface area contributed by atoms with Crippen LogP contribution in [0.4, 0.5) is 4.39 Å². The van der Waals surface area contributed by atoms with Gasteiger partial charge in [-0.15, -0.1) is 0 Å². The van der Waals surface area contributed by atoms with Crippen LogP contribution >= 0.6 is 11.6 Å². The van der Waals surface area contributed by atoms with Crippen molar-refractivity contribution in [2.75, 3.05) is 6.54 Å². The molecule has 0 spiro atoms. The van der Waals surface area contributed by atoms with Gasteiger partial charge in [0.15, 0.2) is 0 Å². The first kappa shape index (κ1) is 13.9. The molecule has 1 fully saturated rings. The molecule has 3 rings (SSSR count). The van der Waals surface area contributed by atoms with E-state index in [1.165, 1.54) is 23.1 Å². The normalized spacial score (nSPS) is 18.4. The maximum absolute atomic E-state index is 13.3. The first-order valence-electron chi connectivity index (χ1n) is 6.49. The average Bonchev–Trinajstić information content (AvgIpc) is 3.04. The Labute approximate surface area is 124 Å². The van der Waals surface area contributed by atoms with Crippen LogP contribution in [0.2, 0.25) is 5.02 Å². The molecule has 0 bridgehead atoms. The minimum absolute atomic E-state index is 0.102. The Morgan fingerprint density at radius 3 is 2.90 bits per heavy atom. The van der Waals surface area contributed by atoms with Crippen molar-refractivity contribution in [3.05, 3.63) is 34.7 Å². The molecule has 1 aromatic carbocycles. The van der Waals surface area contributed by atoms with Crippen LogP contribution in [0.1, 0.15) is 23.3 Å². The summed E-state index contributed by atoms with van der Waals surface area (Å²) in [6.07, 6.45) is 1.06. The zero-order valence-corrected chi connectivity index (χ0v) is 11.7. The topological polar surface area (TPSA) is 73.4 Å². The number of carboxylic acids is 1. The molecule has 1 aromatic heterocycles. The summed E-state index contributed by atoms with van der Waals surface area (Å²) >= 11 is 6.14. The van der Waals surface area contributed by atoms with Gasteiger partial charge in [0.05, 0.1) is 5.02 Å². The SMILES string of the molecule is O=C(O)C1CCCN1C(=O)c1[nH]c2ccc(F)cc2c1Cl. The average molecular weight is 311 g/mol. The number of H-pyrrole nitrogens is 1. The van der Waals surface area contributed by atoms with Crippen molar-refractivity contribution in [1.82, 2.24) is 9.88 Å². The van der Waals surface area contributed by atoms with E-state index in [-0.39, 0.29) is 10.7 Å². The summed E-state index contributed by atoms with van der Waals surface area (Å²) in [7, 11) is 0. The van der Waals surface area contributed by atoms with Crippen LogP contribution in [0, 0.1) is 5.82 Å². The number of benzene rings is 1. The van der Waals surface area contributed by atoms with Crippen LogP contribution in [0.5, 0.6) is 0 Å². The lowest BCUT2D eigenvalue weighted by Crippen LogP contribution is -2.40. The molecule has 1 aliphatic rings. The van der Waals surface area contributed by atoms with E-state index in [1.807, 2.05) is 0 Å².